The van der Waals surface area contributed by atoms with Crippen LogP contribution in [0.2, 0.25) is 0 Å². The monoisotopic (exact) mass is 298 g/mol. The topological polar surface area (TPSA) is 52.0 Å². The van der Waals surface area contributed by atoms with Crippen LogP contribution < -0.4 is 5.32 Å². The molecule has 1 aliphatic heterocycles. The van der Waals surface area contributed by atoms with Gasteiger partial charge in [-0.25, -0.2) is 0 Å². The van der Waals surface area contributed by atoms with Crippen molar-refractivity contribution >= 4 is 0 Å². The van der Waals surface area contributed by atoms with Gasteiger partial charge in [-0.2, -0.15) is 5.10 Å². The van der Waals surface area contributed by atoms with E-state index in [2.05, 4.69) is 27.2 Å². The Morgan fingerprint density at radius 1 is 1.36 bits per heavy atom. The Morgan fingerprint density at radius 2 is 2.32 bits per heavy atom. The standard InChI is InChI=1S/C17H22N4O/c1-2-14(8-18-6-1)9-19-10-16-17-15(5-7-22-16)12-21(20-17)11-13-3-4-13/h1-2,6,8,12-13,16,19H,3-5,7,9-11H2/t16-/m0/s1. The summed E-state index contributed by atoms with van der Waals surface area (Å²) in [6, 6.07) is 4.04. The normalized spacial score (nSPS) is 20.8. The van der Waals surface area contributed by atoms with E-state index >= 15 is 0 Å². The third kappa shape index (κ3) is 3.20. The van der Waals surface area contributed by atoms with Crippen LogP contribution in [0.5, 0.6) is 0 Å². The summed E-state index contributed by atoms with van der Waals surface area (Å²) in [5.41, 5.74) is 3.68. The molecular weight excluding hydrogens is 276 g/mol. The predicted octanol–water partition coefficient (Wildman–Crippen LogP) is 2.09. The first kappa shape index (κ1) is 13.9. The molecule has 116 valence electrons. The maximum absolute atomic E-state index is 5.92. The molecule has 22 heavy (non-hydrogen) atoms. The second-order valence-corrected chi connectivity index (χ2v) is 6.31. The van der Waals surface area contributed by atoms with Crippen molar-refractivity contribution < 1.29 is 4.74 Å². The van der Waals surface area contributed by atoms with Crippen molar-refractivity contribution in [1.82, 2.24) is 20.1 Å². The molecule has 1 atom stereocenters. The van der Waals surface area contributed by atoms with Crippen molar-refractivity contribution in [2.45, 2.75) is 38.5 Å². The molecule has 0 bridgehead atoms. The number of nitrogens with zero attached hydrogens (tertiary/aromatic N) is 3. The molecule has 0 saturated heterocycles. The zero-order chi connectivity index (χ0) is 14.8. The van der Waals surface area contributed by atoms with E-state index in [9.17, 15) is 0 Å². The second kappa shape index (κ2) is 6.18. The summed E-state index contributed by atoms with van der Waals surface area (Å²) < 4.78 is 8.05. The van der Waals surface area contributed by atoms with Crippen molar-refractivity contribution in [3.8, 4) is 0 Å². The van der Waals surface area contributed by atoms with Crippen molar-refractivity contribution in [3.05, 3.63) is 47.5 Å². The number of aromatic nitrogens is 3. The fourth-order valence-corrected chi connectivity index (χ4v) is 3.00. The maximum Gasteiger partial charge on any atom is 0.114 e. The minimum absolute atomic E-state index is 0.0703. The Hall–Kier alpha value is -1.72. The van der Waals surface area contributed by atoms with Gasteiger partial charge in [0.1, 0.15) is 6.10 Å². The van der Waals surface area contributed by atoms with Crippen molar-refractivity contribution in [1.29, 1.82) is 0 Å². The Balaban J connectivity index is 1.37. The quantitative estimate of drug-likeness (QED) is 0.887. The number of nitrogens with one attached hydrogen (secondary N) is 1. The highest BCUT2D eigenvalue weighted by Gasteiger charge is 2.27. The van der Waals surface area contributed by atoms with Crippen LogP contribution in [0.25, 0.3) is 0 Å². The lowest BCUT2D eigenvalue weighted by Gasteiger charge is -2.22. The van der Waals surface area contributed by atoms with Gasteiger partial charge < -0.3 is 10.1 Å². The highest BCUT2D eigenvalue weighted by Crippen LogP contribution is 2.32. The van der Waals surface area contributed by atoms with Gasteiger partial charge in [0.05, 0.1) is 12.3 Å². The van der Waals surface area contributed by atoms with E-state index in [0.717, 1.165) is 44.3 Å². The van der Waals surface area contributed by atoms with Gasteiger partial charge >= 0.3 is 0 Å². The molecule has 3 heterocycles. The summed E-state index contributed by atoms with van der Waals surface area (Å²) in [5.74, 6) is 0.851. The van der Waals surface area contributed by atoms with E-state index in [-0.39, 0.29) is 6.10 Å². The molecule has 0 aromatic carbocycles. The SMILES string of the molecule is c1cncc(CNC[C@@H]2OCCc3cn(CC4CC4)nc32)c1. The molecule has 2 aromatic rings. The molecule has 2 aliphatic rings. The van der Waals surface area contributed by atoms with Gasteiger partial charge in [-0.05, 0) is 42.4 Å². The molecule has 0 amide bonds. The number of hydrogen-bond acceptors (Lipinski definition) is 4. The van der Waals surface area contributed by atoms with Gasteiger partial charge in [-0.1, -0.05) is 6.07 Å². The van der Waals surface area contributed by atoms with E-state index in [4.69, 9.17) is 9.84 Å². The van der Waals surface area contributed by atoms with Crippen LogP contribution in [-0.4, -0.2) is 27.9 Å². The molecule has 0 radical (unpaired) electrons. The van der Waals surface area contributed by atoms with Crippen LogP contribution in [-0.2, 0) is 24.2 Å². The molecule has 1 N–H and O–H groups in total. The molecule has 0 unspecified atom stereocenters. The van der Waals surface area contributed by atoms with Gasteiger partial charge in [-0.3, -0.25) is 9.67 Å². The summed E-state index contributed by atoms with van der Waals surface area (Å²) in [6.45, 7) is 3.47. The Morgan fingerprint density at radius 3 is 3.14 bits per heavy atom. The van der Waals surface area contributed by atoms with Crippen LogP contribution >= 0.6 is 0 Å². The first-order valence-electron chi connectivity index (χ1n) is 8.16. The number of fused-ring (bicyclic) bond motifs is 1. The largest absolute Gasteiger partial charge is 0.370 e. The molecular formula is C17H22N4O. The molecule has 1 saturated carbocycles. The number of hydrogen-bond donors (Lipinski definition) is 1. The summed E-state index contributed by atoms with van der Waals surface area (Å²) in [5, 5.41) is 8.24. The van der Waals surface area contributed by atoms with Crippen molar-refractivity contribution in [2.24, 2.45) is 5.92 Å². The molecule has 0 spiro atoms. The maximum atomic E-state index is 5.92. The number of pyridine rings is 1. The molecule has 5 nitrogen and oxygen atoms in total. The third-order valence-corrected chi connectivity index (χ3v) is 4.39. The van der Waals surface area contributed by atoms with Crippen molar-refractivity contribution in [2.75, 3.05) is 13.2 Å². The van der Waals surface area contributed by atoms with Crippen molar-refractivity contribution in [3.63, 3.8) is 0 Å². The average molecular weight is 298 g/mol. The summed E-state index contributed by atoms with van der Waals surface area (Å²) in [6.07, 6.45) is 9.69. The first-order valence-corrected chi connectivity index (χ1v) is 8.16. The smallest absolute Gasteiger partial charge is 0.114 e. The molecule has 2 aromatic heterocycles. The predicted molar refractivity (Wildman–Crippen MR) is 83.3 cm³/mol. The Kier molecular flexibility index (Phi) is 3.91. The van der Waals surface area contributed by atoms with Crippen LogP contribution in [0.3, 0.4) is 0 Å². The van der Waals surface area contributed by atoms with Crippen LogP contribution in [0, 0.1) is 5.92 Å². The summed E-state index contributed by atoms with van der Waals surface area (Å²) >= 11 is 0. The molecule has 5 heteroatoms. The minimum Gasteiger partial charge on any atom is -0.370 e. The van der Waals surface area contributed by atoms with Gasteiger partial charge in [0.2, 0.25) is 0 Å². The van der Waals surface area contributed by atoms with Gasteiger partial charge in [0.25, 0.3) is 0 Å². The number of rotatable bonds is 6. The first-order chi connectivity index (χ1) is 10.9. The fourth-order valence-electron chi connectivity index (χ4n) is 3.00. The zero-order valence-electron chi connectivity index (χ0n) is 12.7. The minimum atomic E-state index is 0.0703. The highest BCUT2D eigenvalue weighted by molar-refractivity contribution is 5.22. The van der Waals surface area contributed by atoms with E-state index in [1.54, 1.807) is 6.20 Å². The van der Waals surface area contributed by atoms with E-state index in [0.29, 0.717) is 0 Å². The molecule has 1 fully saturated rings. The van der Waals surface area contributed by atoms with Crippen LogP contribution in [0.4, 0.5) is 0 Å². The third-order valence-electron chi connectivity index (χ3n) is 4.39. The molecule has 1 aliphatic carbocycles. The lowest BCUT2D eigenvalue weighted by Crippen LogP contribution is -2.27. The zero-order valence-corrected chi connectivity index (χ0v) is 12.7. The summed E-state index contributed by atoms with van der Waals surface area (Å²) in [7, 11) is 0. The molecule has 4 rings (SSSR count). The van der Waals surface area contributed by atoms with Crippen LogP contribution in [0.1, 0.15) is 35.8 Å². The second-order valence-electron chi connectivity index (χ2n) is 6.31. The fraction of sp³-hybridized carbons (Fsp3) is 0.529. The summed E-state index contributed by atoms with van der Waals surface area (Å²) in [4.78, 5) is 4.14. The lowest BCUT2D eigenvalue weighted by atomic mass is 10.1. The van der Waals surface area contributed by atoms with E-state index in [1.165, 1.54) is 24.0 Å². The van der Waals surface area contributed by atoms with Gasteiger partial charge in [0.15, 0.2) is 0 Å². The van der Waals surface area contributed by atoms with Gasteiger partial charge in [0, 0.05) is 38.2 Å². The van der Waals surface area contributed by atoms with Gasteiger partial charge in [-0.15, -0.1) is 0 Å². The highest BCUT2D eigenvalue weighted by atomic mass is 16.5. The number of ether oxygens (including phenoxy) is 1. The Labute approximate surface area is 130 Å². The lowest BCUT2D eigenvalue weighted by molar-refractivity contribution is 0.0392. The van der Waals surface area contributed by atoms with Crippen LogP contribution in [0.15, 0.2) is 30.7 Å². The average Bonchev–Trinajstić information content (AvgIpc) is 3.25. The van der Waals surface area contributed by atoms with E-state index < -0.39 is 0 Å². The van der Waals surface area contributed by atoms with E-state index in [1.807, 2.05) is 12.3 Å². The Bertz CT molecular complexity index is 621.